The Morgan fingerprint density at radius 1 is 1.02 bits per heavy atom. The van der Waals surface area contributed by atoms with Gasteiger partial charge < -0.3 is 24.8 Å². The molecule has 1 unspecified atom stereocenters. The van der Waals surface area contributed by atoms with Crippen molar-refractivity contribution in [3.8, 4) is 5.75 Å². The molecular weight excluding hydrogens is 761 g/mol. The van der Waals surface area contributed by atoms with Crippen LogP contribution in [0.5, 0.6) is 5.75 Å². The maximum absolute atomic E-state index is 14.8. The molecule has 1 aromatic heterocycles. The number of aromatic nitrogens is 1. The number of thiazole rings is 1. The summed E-state index contributed by atoms with van der Waals surface area (Å²) in [7, 11) is 1.95. The number of phenolic OH excluding ortho intramolecular Hbond substituents is 1. The van der Waals surface area contributed by atoms with Crippen LogP contribution in [0.25, 0.3) is 0 Å². The number of amides is 2. The van der Waals surface area contributed by atoms with Crippen LogP contribution in [-0.2, 0) is 39.9 Å². The first-order valence-electron chi connectivity index (χ1n) is 20.9. The summed E-state index contributed by atoms with van der Waals surface area (Å²) in [6, 6.07) is 5.37. The second-order valence-electron chi connectivity index (χ2n) is 16.4. The number of likely N-dealkylation sites (tertiary alicyclic amines) is 1. The fourth-order valence-corrected chi connectivity index (χ4v) is 8.32. The van der Waals surface area contributed by atoms with Crippen LogP contribution in [0, 0.1) is 23.7 Å². The first kappa shape index (κ1) is 48.2. The average molecular weight is 827 g/mol. The van der Waals surface area contributed by atoms with Gasteiger partial charge in [0.1, 0.15) is 22.2 Å². The van der Waals surface area contributed by atoms with Crippen molar-refractivity contribution >= 4 is 46.7 Å². The maximum Gasteiger partial charge on any atom is 0.307 e. The Labute approximate surface area is 348 Å². The van der Waals surface area contributed by atoms with E-state index in [0.717, 1.165) is 42.7 Å². The monoisotopic (exact) mass is 826 g/mol. The number of likely N-dealkylation sites (N-methyl/N-ethyl adjacent to an activating group) is 1. The molecule has 1 aliphatic heterocycles. The number of rotatable bonds is 23. The van der Waals surface area contributed by atoms with Crippen molar-refractivity contribution in [3.05, 3.63) is 45.9 Å². The van der Waals surface area contributed by atoms with E-state index in [1.165, 1.54) is 18.7 Å². The highest BCUT2D eigenvalue weighted by molar-refractivity contribution is 7.09. The van der Waals surface area contributed by atoms with Gasteiger partial charge in [-0.25, -0.2) is 4.98 Å². The van der Waals surface area contributed by atoms with Crippen LogP contribution in [0.3, 0.4) is 0 Å². The van der Waals surface area contributed by atoms with Gasteiger partial charge in [0.25, 0.3) is 5.91 Å². The van der Waals surface area contributed by atoms with Crippen LogP contribution < -0.4 is 5.32 Å². The molecule has 7 atom stereocenters. The molecule has 0 saturated carbocycles. The lowest BCUT2D eigenvalue weighted by molar-refractivity contribution is -0.161. The second kappa shape index (κ2) is 23.4. The third kappa shape index (κ3) is 14.6. The van der Waals surface area contributed by atoms with Gasteiger partial charge in [-0.2, -0.15) is 0 Å². The van der Waals surface area contributed by atoms with Crippen molar-refractivity contribution in [2.24, 2.45) is 23.7 Å². The van der Waals surface area contributed by atoms with Gasteiger partial charge in [-0.1, -0.05) is 66.5 Å². The quantitative estimate of drug-likeness (QED) is 0.0868. The first-order valence-corrected chi connectivity index (χ1v) is 21.7. The molecule has 0 aliphatic carbocycles. The van der Waals surface area contributed by atoms with Gasteiger partial charge in [-0.3, -0.25) is 33.7 Å². The number of nitrogens with zero attached hydrogens (tertiary/aromatic N) is 3. The van der Waals surface area contributed by atoms with E-state index in [1.807, 2.05) is 48.6 Å². The Morgan fingerprint density at radius 3 is 2.29 bits per heavy atom. The van der Waals surface area contributed by atoms with Crippen LogP contribution in [0.4, 0.5) is 0 Å². The number of carbonyl (C=O) groups is 6. The molecule has 58 heavy (non-hydrogen) atoms. The molecule has 14 heteroatoms. The molecular formula is C44H66N4O9S. The Bertz CT molecular complexity index is 1680. The standard InChI is InChI=1S/C44H66N4O9S/c1-10-14-41(53)56-26-48(44(55)35(28(5)11-2)23-39(52)37-15-12-13-20-47(37)9)38(27(3)4)24-40(57-31(8)50)43-46-36(25-58-43)42(54)45-33(21-29(6)30(7)49)22-32-16-18-34(51)19-17-32/h16-19,25,27-29,33,35,37-38,40,51H,10-15,20-24,26H2,1-9H3,(H,45,54)/t28?,29-,33+,35-,37+,38+,40-/m0/s1. The van der Waals surface area contributed by atoms with Gasteiger partial charge >= 0.3 is 11.9 Å². The van der Waals surface area contributed by atoms with Crippen molar-refractivity contribution < 1.29 is 43.3 Å². The van der Waals surface area contributed by atoms with Gasteiger partial charge in [0.05, 0.1) is 6.04 Å². The summed E-state index contributed by atoms with van der Waals surface area (Å²) in [5.41, 5.74) is 0.974. The molecule has 1 fully saturated rings. The first-order chi connectivity index (χ1) is 27.4. The zero-order valence-electron chi connectivity index (χ0n) is 36.0. The van der Waals surface area contributed by atoms with E-state index >= 15 is 0 Å². The van der Waals surface area contributed by atoms with Gasteiger partial charge in [0.15, 0.2) is 18.6 Å². The average Bonchev–Trinajstić information content (AvgIpc) is 3.67. The zero-order valence-corrected chi connectivity index (χ0v) is 36.8. The van der Waals surface area contributed by atoms with Crippen molar-refractivity contribution in [1.29, 1.82) is 0 Å². The van der Waals surface area contributed by atoms with E-state index in [4.69, 9.17) is 9.47 Å². The number of phenols is 1. The summed E-state index contributed by atoms with van der Waals surface area (Å²) >= 11 is 1.15. The summed E-state index contributed by atoms with van der Waals surface area (Å²) in [5.74, 6) is -2.98. The lowest BCUT2D eigenvalue weighted by Gasteiger charge is -2.39. The number of Topliss-reactive ketones (excluding diaryl/α,β-unsaturated/α-hetero) is 2. The fraction of sp³-hybridized carbons (Fsp3) is 0.659. The minimum Gasteiger partial charge on any atom is -0.508 e. The molecule has 2 N–H and O–H groups in total. The van der Waals surface area contributed by atoms with E-state index in [2.05, 4.69) is 15.2 Å². The van der Waals surface area contributed by atoms with Crippen LogP contribution in [0.2, 0.25) is 0 Å². The highest BCUT2D eigenvalue weighted by Gasteiger charge is 2.39. The van der Waals surface area contributed by atoms with Crippen molar-refractivity contribution in [3.63, 3.8) is 0 Å². The maximum atomic E-state index is 14.8. The summed E-state index contributed by atoms with van der Waals surface area (Å²) < 4.78 is 11.5. The van der Waals surface area contributed by atoms with Gasteiger partial charge in [0.2, 0.25) is 5.91 Å². The number of esters is 2. The van der Waals surface area contributed by atoms with Gasteiger partial charge in [-0.05, 0) is 82.2 Å². The Morgan fingerprint density at radius 2 is 1.71 bits per heavy atom. The highest BCUT2D eigenvalue weighted by Crippen LogP contribution is 2.34. The predicted molar refractivity (Wildman–Crippen MR) is 223 cm³/mol. The molecule has 1 aromatic carbocycles. The molecule has 322 valence electrons. The van der Waals surface area contributed by atoms with Crippen LogP contribution in [-0.4, -0.2) is 93.7 Å². The van der Waals surface area contributed by atoms with E-state index in [0.29, 0.717) is 30.7 Å². The van der Waals surface area contributed by atoms with Crippen molar-refractivity contribution in [2.45, 2.75) is 144 Å². The number of ketones is 2. The summed E-state index contributed by atoms with van der Waals surface area (Å²) in [4.78, 5) is 88.0. The molecule has 2 amide bonds. The number of benzene rings is 1. The fourth-order valence-electron chi connectivity index (χ4n) is 7.48. The SMILES string of the molecule is CCCC(=O)OCN(C(=O)[C@@H](CC(=O)[C@H]1CCCCN1C)C(C)CC)[C@H](C[C@H](OC(C)=O)c1nc(C(=O)N[C@@H](Cc2ccc(O)cc2)C[C@H](C)C(C)=O)cs1)C(C)C. The summed E-state index contributed by atoms with van der Waals surface area (Å²) in [5, 5.41) is 14.7. The molecule has 1 aliphatic rings. The molecule has 13 nitrogen and oxygen atoms in total. The van der Waals surface area contributed by atoms with E-state index in [1.54, 1.807) is 29.6 Å². The summed E-state index contributed by atoms with van der Waals surface area (Å²) in [6.45, 7) is 14.8. The third-order valence-electron chi connectivity index (χ3n) is 11.4. The lowest BCUT2D eigenvalue weighted by atomic mass is 9.82. The van der Waals surface area contributed by atoms with Crippen LogP contribution >= 0.6 is 11.3 Å². The Kier molecular flexibility index (Phi) is 19.5. The molecule has 1 saturated heterocycles. The van der Waals surface area contributed by atoms with Crippen LogP contribution in [0.1, 0.15) is 140 Å². The Hall–Kier alpha value is -4.17. The minimum absolute atomic E-state index is 0.00335. The number of hydrogen-bond acceptors (Lipinski definition) is 12. The number of piperidine rings is 1. The van der Waals surface area contributed by atoms with E-state index in [9.17, 15) is 33.9 Å². The molecule has 2 heterocycles. The number of ether oxygens (including phenoxy) is 2. The number of carbonyl (C=O) groups excluding carboxylic acids is 6. The second-order valence-corrected chi connectivity index (χ2v) is 17.3. The number of aromatic hydroxyl groups is 1. The number of hydrogen-bond donors (Lipinski definition) is 2. The minimum atomic E-state index is -0.955. The van der Waals surface area contributed by atoms with Crippen molar-refractivity contribution in [1.82, 2.24) is 20.1 Å². The molecule has 3 rings (SSSR count). The lowest BCUT2D eigenvalue weighted by Crippen LogP contribution is -2.50. The molecule has 0 radical (unpaired) electrons. The van der Waals surface area contributed by atoms with Gasteiger partial charge in [-0.15, -0.1) is 11.3 Å². The largest absolute Gasteiger partial charge is 0.508 e. The van der Waals surface area contributed by atoms with E-state index in [-0.39, 0.29) is 78.7 Å². The predicted octanol–water partition coefficient (Wildman–Crippen LogP) is 7.06. The van der Waals surface area contributed by atoms with Crippen LogP contribution in [0.15, 0.2) is 29.6 Å². The third-order valence-corrected chi connectivity index (χ3v) is 12.3. The molecule has 2 aromatic rings. The highest BCUT2D eigenvalue weighted by atomic mass is 32.1. The summed E-state index contributed by atoms with van der Waals surface area (Å²) in [6.07, 6.45) is 4.13. The normalized spacial score (nSPS) is 17.7. The molecule has 0 bridgehead atoms. The topological polar surface area (TPSA) is 173 Å². The number of nitrogens with one attached hydrogen (secondary N) is 1. The van der Waals surface area contributed by atoms with Gasteiger partial charge in [0, 0.05) is 55.5 Å². The van der Waals surface area contributed by atoms with Crippen molar-refractivity contribution in [2.75, 3.05) is 20.3 Å². The Balaban J connectivity index is 1.95. The smallest absolute Gasteiger partial charge is 0.307 e. The zero-order chi connectivity index (χ0) is 43.1. The molecule has 0 spiro atoms. The van der Waals surface area contributed by atoms with E-state index < -0.39 is 42.0 Å².